The van der Waals surface area contributed by atoms with Crippen LogP contribution in [-0.2, 0) is 0 Å². The standard InChI is InChI=1S/C15H21F2N/c1-10(2)18-14(7-8-15(18,3)4)12-9-11(16)5-6-13(12)17/h5-6,9-10,14H,7-8H2,1-4H3. The summed E-state index contributed by atoms with van der Waals surface area (Å²) in [4.78, 5) is 2.30. The van der Waals surface area contributed by atoms with Crippen molar-refractivity contribution in [1.29, 1.82) is 0 Å². The lowest BCUT2D eigenvalue weighted by Gasteiger charge is -2.39. The van der Waals surface area contributed by atoms with E-state index in [4.69, 9.17) is 0 Å². The van der Waals surface area contributed by atoms with Crippen molar-refractivity contribution in [2.45, 2.75) is 58.2 Å². The summed E-state index contributed by atoms with van der Waals surface area (Å²) in [6, 6.07) is 4.05. The molecule has 1 fully saturated rings. The molecule has 1 aliphatic heterocycles. The first-order valence-electron chi connectivity index (χ1n) is 6.56. The van der Waals surface area contributed by atoms with Crippen molar-refractivity contribution < 1.29 is 8.78 Å². The third-order valence-corrected chi connectivity index (χ3v) is 3.94. The highest BCUT2D eigenvalue weighted by molar-refractivity contribution is 5.24. The van der Waals surface area contributed by atoms with E-state index in [2.05, 4.69) is 32.6 Å². The highest BCUT2D eigenvalue weighted by Gasteiger charge is 2.42. The Labute approximate surface area is 108 Å². The molecule has 3 heteroatoms. The van der Waals surface area contributed by atoms with Gasteiger partial charge >= 0.3 is 0 Å². The van der Waals surface area contributed by atoms with E-state index in [9.17, 15) is 8.78 Å². The second-order valence-corrected chi connectivity index (χ2v) is 6.03. The Morgan fingerprint density at radius 1 is 1.28 bits per heavy atom. The maximum atomic E-state index is 13.9. The van der Waals surface area contributed by atoms with Gasteiger partial charge in [-0.1, -0.05) is 0 Å². The number of hydrogen-bond acceptors (Lipinski definition) is 1. The molecule has 1 unspecified atom stereocenters. The van der Waals surface area contributed by atoms with Gasteiger partial charge < -0.3 is 0 Å². The molecule has 0 bridgehead atoms. The quantitative estimate of drug-likeness (QED) is 0.760. The zero-order valence-corrected chi connectivity index (χ0v) is 11.5. The predicted octanol–water partition coefficient (Wildman–Crippen LogP) is 4.29. The van der Waals surface area contributed by atoms with Crippen LogP contribution in [0.15, 0.2) is 18.2 Å². The van der Waals surface area contributed by atoms with E-state index in [0.29, 0.717) is 11.6 Å². The van der Waals surface area contributed by atoms with Crippen LogP contribution < -0.4 is 0 Å². The Kier molecular flexibility index (Phi) is 3.45. The Morgan fingerprint density at radius 3 is 2.56 bits per heavy atom. The van der Waals surface area contributed by atoms with Crippen molar-refractivity contribution in [3.05, 3.63) is 35.4 Å². The first-order chi connectivity index (χ1) is 8.33. The third-order valence-electron chi connectivity index (χ3n) is 3.94. The number of nitrogens with zero attached hydrogens (tertiary/aromatic N) is 1. The molecule has 0 amide bonds. The van der Waals surface area contributed by atoms with Crippen molar-refractivity contribution in [2.24, 2.45) is 0 Å². The summed E-state index contributed by atoms with van der Waals surface area (Å²) in [5.41, 5.74) is 0.534. The van der Waals surface area contributed by atoms with Gasteiger partial charge in [-0.2, -0.15) is 0 Å². The average Bonchev–Trinajstić information content (AvgIpc) is 2.57. The summed E-state index contributed by atoms with van der Waals surface area (Å²) in [6.45, 7) is 8.56. The molecule has 0 aromatic heterocycles. The van der Waals surface area contributed by atoms with Crippen LogP contribution in [0.1, 0.15) is 52.1 Å². The number of hydrogen-bond donors (Lipinski definition) is 0. The minimum Gasteiger partial charge on any atom is -0.289 e. The molecule has 1 aromatic carbocycles. The molecule has 1 aliphatic rings. The first-order valence-corrected chi connectivity index (χ1v) is 6.56. The molecule has 18 heavy (non-hydrogen) atoms. The largest absolute Gasteiger partial charge is 0.289 e. The van der Waals surface area contributed by atoms with Crippen LogP contribution in [-0.4, -0.2) is 16.5 Å². The van der Waals surface area contributed by atoms with Crippen LogP contribution >= 0.6 is 0 Å². The smallest absolute Gasteiger partial charge is 0.128 e. The Bertz CT molecular complexity index is 440. The van der Waals surface area contributed by atoms with Gasteiger partial charge in [0.25, 0.3) is 0 Å². The number of rotatable bonds is 2. The van der Waals surface area contributed by atoms with Crippen molar-refractivity contribution in [2.75, 3.05) is 0 Å². The highest BCUT2D eigenvalue weighted by Crippen LogP contribution is 2.44. The second kappa shape index (κ2) is 4.61. The molecule has 1 aromatic rings. The zero-order chi connectivity index (χ0) is 13.5. The number of likely N-dealkylation sites (tertiary alicyclic amines) is 1. The molecular formula is C15H21F2N. The van der Waals surface area contributed by atoms with Gasteiger partial charge in [0.2, 0.25) is 0 Å². The van der Waals surface area contributed by atoms with Gasteiger partial charge in [0.1, 0.15) is 11.6 Å². The third kappa shape index (κ3) is 2.28. The van der Waals surface area contributed by atoms with Gasteiger partial charge in [0, 0.05) is 23.2 Å². The Balaban J connectivity index is 2.41. The number of halogens is 2. The van der Waals surface area contributed by atoms with Gasteiger partial charge in [-0.25, -0.2) is 8.78 Å². The second-order valence-electron chi connectivity index (χ2n) is 6.03. The van der Waals surface area contributed by atoms with Crippen molar-refractivity contribution in [1.82, 2.24) is 4.90 Å². The van der Waals surface area contributed by atoms with Crippen molar-refractivity contribution in [3.8, 4) is 0 Å². The molecule has 1 saturated heterocycles. The van der Waals surface area contributed by atoms with Gasteiger partial charge in [0.05, 0.1) is 0 Å². The van der Waals surface area contributed by atoms with E-state index in [1.165, 1.54) is 18.2 Å². The zero-order valence-electron chi connectivity index (χ0n) is 11.5. The van der Waals surface area contributed by atoms with Crippen LogP contribution in [0.25, 0.3) is 0 Å². The highest BCUT2D eigenvalue weighted by atomic mass is 19.1. The topological polar surface area (TPSA) is 3.24 Å². The fraction of sp³-hybridized carbons (Fsp3) is 0.600. The fourth-order valence-corrected chi connectivity index (χ4v) is 3.31. The van der Waals surface area contributed by atoms with Gasteiger partial charge in [-0.15, -0.1) is 0 Å². The van der Waals surface area contributed by atoms with E-state index in [1.807, 2.05) is 0 Å². The molecule has 1 atom stereocenters. The molecule has 0 radical (unpaired) electrons. The molecular weight excluding hydrogens is 232 g/mol. The molecule has 0 spiro atoms. The van der Waals surface area contributed by atoms with E-state index in [1.54, 1.807) is 0 Å². The van der Waals surface area contributed by atoms with Crippen LogP contribution in [0, 0.1) is 11.6 Å². The predicted molar refractivity (Wildman–Crippen MR) is 69.4 cm³/mol. The molecule has 1 nitrogen and oxygen atoms in total. The van der Waals surface area contributed by atoms with Crippen LogP contribution in [0.2, 0.25) is 0 Å². The summed E-state index contributed by atoms with van der Waals surface area (Å²) >= 11 is 0. The van der Waals surface area contributed by atoms with Crippen LogP contribution in [0.5, 0.6) is 0 Å². The summed E-state index contributed by atoms with van der Waals surface area (Å²) in [7, 11) is 0. The first kappa shape index (κ1) is 13.5. The van der Waals surface area contributed by atoms with Gasteiger partial charge in [-0.05, 0) is 58.7 Å². The summed E-state index contributed by atoms with van der Waals surface area (Å²) in [5.74, 6) is -0.662. The van der Waals surface area contributed by atoms with E-state index in [0.717, 1.165) is 12.8 Å². The molecule has 0 N–H and O–H groups in total. The van der Waals surface area contributed by atoms with Crippen molar-refractivity contribution >= 4 is 0 Å². The van der Waals surface area contributed by atoms with Gasteiger partial charge in [0.15, 0.2) is 0 Å². The fourth-order valence-electron chi connectivity index (χ4n) is 3.31. The lowest BCUT2D eigenvalue weighted by Crippen LogP contribution is -2.44. The van der Waals surface area contributed by atoms with Crippen LogP contribution in [0.3, 0.4) is 0 Å². The van der Waals surface area contributed by atoms with Gasteiger partial charge in [-0.3, -0.25) is 4.90 Å². The molecule has 1 heterocycles. The summed E-state index contributed by atoms with van der Waals surface area (Å²) in [5, 5.41) is 0. The lowest BCUT2D eigenvalue weighted by molar-refractivity contribution is 0.0890. The Hall–Kier alpha value is -0.960. The minimum atomic E-state index is -0.361. The normalized spacial score (nSPS) is 23.8. The maximum absolute atomic E-state index is 13.9. The SMILES string of the molecule is CC(C)N1C(c2cc(F)ccc2F)CCC1(C)C. The molecule has 0 saturated carbocycles. The number of benzene rings is 1. The Morgan fingerprint density at radius 2 is 1.94 bits per heavy atom. The molecule has 0 aliphatic carbocycles. The van der Waals surface area contributed by atoms with E-state index >= 15 is 0 Å². The van der Waals surface area contributed by atoms with E-state index in [-0.39, 0.29) is 23.2 Å². The monoisotopic (exact) mass is 253 g/mol. The minimum absolute atomic E-state index is 0.0179. The average molecular weight is 253 g/mol. The van der Waals surface area contributed by atoms with E-state index < -0.39 is 0 Å². The maximum Gasteiger partial charge on any atom is 0.128 e. The lowest BCUT2D eigenvalue weighted by atomic mass is 10.0. The molecule has 2 rings (SSSR count). The summed E-state index contributed by atoms with van der Waals surface area (Å²) < 4.78 is 27.3. The van der Waals surface area contributed by atoms with Crippen LogP contribution in [0.4, 0.5) is 8.78 Å². The molecule has 100 valence electrons. The summed E-state index contributed by atoms with van der Waals surface area (Å²) in [6.07, 6.45) is 1.89. The van der Waals surface area contributed by atoms with Crippen molar-refractivity contribution in [3.63, 3.8) is 0 Å².